The number of phenols is 1. The van der Waals surface area contributed by atoms with Crippen LogP contribution in [0.25, 0.3) is 0 Å². The van der Waals surface area contributed by atoms with Crippen LogP contribution in [0, 0.1) is 0 Å². The Morgan fingerprint density at radius 2 is 1.71 bits per heavy atom. The number of halogens is 1. The van der Waals surface area contributed by atoms with Gasteiger partial charge in [0.05, 0.1) is 11.1 Å². The Morgan fingerprint density at radius 1 is 1.05 bits per heavy atom. The predicted molar refractivity (Wildman–Crippen MR) is 87.4 cm³/mol. The molecule has 4 heteroatoms. The van der Waals surface area contributed by atoms with E-state index in [9.17, 15) is 5.11 Å². The molecule has 21 heavy (non-hydrogen) atoms. The SMILES string of the molecule is CC(C)Oc1ccc(NC(C)c2ccc(O)cc2)cc1Cl. The van der Waals surface area contributed by atoms with Gasteiger partial charge in [0.25, 0.3) is 0 Å². The van der Waals surface area contributed by atoms with Gasteiger partial charge in [0.15, 0.2) is 0 Å². The monoisotopic (exact) mass is 305 g/mol. The van der Waals surface area contributed by atoms with Crippen LogP contribution in [-0.2, 0) is 0 Å². The first kappa shape index (κ1) is 15.5. The van der Waals surface area contributed by atoms with Crippen LogP contribution < -0.4 is 10.1 Å². The summed E-state index contributed by atoms with van der Waals surface area (Å²) in [6.45, 7) is 5.99. The highest BCUT2D eigenvalue weighted by molar-refractivity contribution is 6.32. The third-order valence-electron chi connectivity index (χ3n) is 3.07. The lowest BCUT2D eigenvalue weighted by molar-refractivity contribution is 0.242. The quantitative estimate of drug-likeness (QED) is 0.816. The molecule has 2 N–H and O–H groups in total. The van der Waals surface area contributed by atoms with Gasteiger partial charge >= 0.3 is 0 Å². The molecule has 0 amide bonds. The van der Waals surface area contributed by atoms with Crippen LogP contribution in [0.3, 0.4) is 0 Å². The minimum absolute atomic E-state index is 0.0947. The fraction of sp³-hybridized carbons (Fsp3) is 0.294. The van der Waals surface area contributed by atoms with Crippen LogP contribution in [0.1, 0.15) is 32.4 Å². The second kappa shape index (κ2) is 6.72. The zero-order chi connectivity index (χ0) is 15.4. The molecule has 0 saturated heterocycles. The van der Waals surface area contributed by atoms with E-state index in [2.05, 4.69) is 12.2 Å². The molecule has 0 aliphatic heterocycles. The van der Waals surface area contributed by atoms with E-state index in [0.29, 0.717) is 10.8 Å². The Labute approximate surface area is 130 Å². The first-order chi connectivity index (χ1) is 9.95. The lowest BCUT2D eigenvalue weighted by Crippen LogP contribution is -2.08. The first-order valence-corrected chi connectivity index (χ1v) is 7.35. The molecule has 2 aromatic carbocycles. The van der Waals surface area contributed by atoms with Crippen molar-refractivity contribution in [1.82, 2.24) is 0 Å². The summed E-state index contributed by atoms with van der Waals surface area (Å²) in [5, 5.41) is 13.3. The van der Waals surface area contributed by atoms with Crippen LogP contribution in [0.5, 0.6) is 11.5 Å². The fourth-order valence-electron chi connectivity index (χ4n) is 2.04. The second-order valence-corrected chi connectivity index (χ2v) is 5.68. The molecule has 0 radical (unpaired) electrons. The molecule has 1 atom stereocenters. The number of hydrogen-bond donors (Lipinski definition) is 2. The highest BCUT2D eigenvalue weighted by Crippen LogP contribution is 2.30. The van der Waals surface area contributed by atoms with Crippen molar-refractivity contribution in [3.63, 3.8) is 0 Å². The van der Waals surface area contributed by atoms with Gasteiger partial charge in [0.1, 0.15) is 11.5 Å². The largest absolute Gasteiger partial charge is 0.508 e. The maximum absolute atomic E-state index is 9.32. The van der Waals surface area contributed by atoms with E-state index < -0.39 is 0 Å². The minimum Gasteiger partial charge on any atom is -0.508 e. The third-order valence-corrected chi connectivity index (χ3v) is 3.37. The third kappa shape index (κ3) is 4.30. The number of benzene rings is 2. The van der Waals surface area contributed by atoms with Crippen molar-refractivity contribution >= 4 is 17.3 Å². The van der Waals surface area contributed by atoms with Crippen LogP contribution in [-0.4, -0.2) is 11.2 Å². The number of rotatable bonds is 5. The summed E-state index contributed by atoms with van der Waals surface area (Å²) in [6.07, 6.45) is 0.0947. The van der Waals surface area contributed by atoms with E-state index in [1.165, 1.54) is 0 Å². The average molecular weight is 306 g/mol. The van der Waals surface area contributed by atoms with Crippen molar-refractivity contribution in [2.45, 2.75) is 32.9 Å². The maximum atomic E-state index is 9.32. The normalized spacial score (nSPS) is 12.2. The summed E-state index contributed by atoms with van der Waals surface area (Å²) >= 11 is 6.23. The highest BCUT2D eigenvalue weighted by Gasteiger charge is 2.08. The molecule has 2 aromatic rings. The van der Waals surface area contributed by atoms with Gasteiger partial charge < -0.3 is 15.2 Å². The van der Waals surface area contributed by atoms with Crippen LogP contribution in [0.2, 0.25) is 5.02 Å². The molecular formula is C17H20ClNO2. The Hall–Kier alpha value is -1.87. The van der Waals surface area contributed by atoms with Crippen molar-refractivity contribution in [2.75, 3.05) is 5.32 Å². The standard InChI is InChI=1S/C17H20ClNO2/c1-11(2)21-17-9-6-14(10-16(17)18)19-12(3)13-4-7-15(20)8-5-13/h4-12,19-20H,1-3H3. The minimum atomic E-state index is 0.0947. The Morgan fingerprint density at radius 3 is 2.29 bits per heavy atom. The Kier molecular flexibility index (Phi) is 4.97. The molecule has 0 aliphatic rings. The summed E-state index contributed by atoms with van der Waals surface area (Å²) < 4.78 is 5.62. The van der Waals surface area contributed by atoms with E-state index in [1.807, 2.05) is 44.2 Å². The van der Waals surface area contributed by atoms with Crippen molar-refractivity contribution in [3.05, 3.63) is 53.1 Å². The molecule has 0 aliphatic carbocycles. The molecule has 0 bridgehead atoms. The average Bonchev–Trinajstić information content (AvgIpc) is 2.42. The summed E-state index contributed by atoms with van der Waals surface area (Å²) in [6, 6.07) is 12.9. The number of ether oxygens (including phenoxy) is 1. The zero-order valence-electron chi connectivity index (χ0n) is 12.4. The van der Waals surface area contributed by atoms with Crippen LogP contribution >= 0.6 is 11.6 Å². The van der Waals surface area contributed by atoms with E-state index in [1.54, 1.807) is 12.1 Å². The molecule has 0 saturated carbocycles. The maximum Gasteiger partial charge on any atom is 0.138 e. The van der Waals surface area contributed by atoms with Gasteiger partial charge in [-0.1, -0.05) is 23.7 Å². The van der Waals surface area contributed by atoms with Gasteiger partial charge in [0.2, 0.25) is 0 Å². The molecule has 112 valence electrons. The zero-order valence-corrected chi connectivity index (χ0v) is 13.2. The topological polar surface area (TPSA) is 41.5 Å². The van der Waals surface area contributed by atoms with Gasteiger partial charge in [-0.15, -0.1) is 0 Å². The predicted octanol–water partition coefficient (Wildman–Crippen LogP) is 5.01. The molecular weight excluding hydrogens is 286 g/mol. The summed E-state index contributed by atoms with van der Waals surface area (Å²) in [7, 11) is 0. The van der Waals surface area contributed by atoms with Crippen LogP contribution in [0.15, 0.2) is 42.5 Å². The van der Waals surface area contributed by atoms with Gasteiger partial charge in [-0.2, -0.15) is 0 Å². The Bertz CT molecular complexity index is 596. The van der Waals surface area contributed by atoms with E-state index in [0.717, 1.165) is 11.3 Å². The molecule has 0 spiro atoms. The molecule has 1 unspecified atom stereocenters. The van der Waals surface area contributed by atoms with E-state index in [4.69, 9.17) is 16.3 Å². The fourth-order valence-corrected chi connectivity index (χ4v) is 2.26. The number of anilines is 1. The summed E-state index contributed by atoms with van der Waals surface area (Å²) in [4.78, 5) is 0. The van der Waals surface area contributed by atoms with Crippen molar-refractivity contribution in [1.29, 1.82) is 0 Å². The van der Waals surface area contributed by atoms with E-state index >= 15 is 0 Å². The lowest BCUT2D eigenvalue weighted by Gasteiger charge is -2.17. The molecule has 0 fully saturated rings. The number of hydrogen-bond acceptors (Lipinski definition) is 3. The van der Waals surface area contributed by atoms with E-state index in [-0.39, 0.29) is 17.9 Å². The van der Waals surface area contributed by atoms with Gasteiger partial charge in [-0.25, -0.2) is 0 Å². The first-order valence-electron chi connectivity index (χ1n) is 6.97. The smallest absolute Gasteiger partial charge is 0.138 e. The van der Waals surface area contributed by atoms with Crippen molar-refractivity contribution in [2.24, 2.45) is 0 Å². The van der Waals surface area contributed by atoms with Gasteiger partial charge in [-0.3, -0.25) is 0 Å². The lowest BCUT2D eigenvalue weighted by atomic mass is 10.1. The highest BCUT2D eigenvalue weighted by atomic mass is 35.5. The summed E-state index contributed by atoms with van der Waals surface area (Å²) in [5.74, 6) is 0.957. The number of nitrogens with one attached hydrogen (secondary N) is 1. The van der Waals surface area contributed by atoms with Crippen molar-refractivity contribution < 1.29 is 9.84 Å². The Balaban J connectivity index is 2.09. The number of aromatic hydroxyl groups is 1. The van der Waals surface area contributed by atoms with Crippen molar-refractivity contribution in [3.8, 4) is 11.5 Å². The van der Waals surface area contributed by atoms with Gasteiger partial charge in [-0.05, 0) is 56.7 Å². The number of phenolic OH excluding ortho intramolecular Hbond substituents is 1. The van der Waals surface area contributed by atoms with Gasteiger partial charge in [0, 0.05) is 11.7 Å². The molecule has 3 nitrogen and oxygen atoms in total. The molecule has 2 rings (SSSR count). The molecule has 0 heterocycles. The van der Waals surface area contributed by atoms with Crippen LogP contribution in [0.4, 0.5) is 5.69 Å². The molecule has 0 aromatic heterocycles. The summed E-state index contributed by atoms with van der Waals surface area (Å²) in [5.41, 5.74) is 2.02. The second-order valence-electron chi connectivity index (χ2n) is 5.27.